The summed E-state index contributed by atoms with van der Waals surface area (Å²) in [5.74, 6) is 0.722. The summed E-state index contributed by atoms with van der Waals surface area (Å²) in [6, 6.07) is 13.5. The molecule has 0 bridgehead atoms. The Morgan fingerprint density at radius 1 is 1.00 bits per heavy atom. The van der Waals surface area contributed by atoms with E-state index in [2.05, 4.69) is 9.97 Å². The number of rotatable bonds is 3. The fourth-order valence-corrected chi connectivity index (χ4v) is 3.58. The van der Waals surface area contributed by atoms with Crippen molar-refractivity contribution in [3.8, 4) is 0 Å². The molecule has 4 rings (SSSR count). The number of hydrogen-bond acceptors (Lipinski definition) is 4. The number of hydrogen-bond donors (Lipinski definition) is 0. The number of nitrogens with zero attached hydrogens (tertiary/aromatic N) is 2. The third kappa shape index (κ3) is 2.78. The van der Waals surface area contributed by atoms with Gasteiger partial charge in [-0.25, -0.2) is 9.97 Å². The summed E-state index contributed by atoms with van der Waals surface area (Å²) < 4.78 is 5.92. The third-order valence-electron chi connectivity index (χ3n) is 3.48. The zero-order valence-electron chi connectivity index (χ0n) is 11.8. The molecule has 0 N–H and O–H groups in total. The van der Waals surface area contributed by atoms with E-state index in [1.165, 1.54) is 0 Å². The van der Waals surface area contributed by atoms with Crippen LogP contribution >= 0.6 is 35.0 Å². The van der Waals surface area contributed by atoms with Crippen molar-refractivity contribution in [3.63, 3.8) is 0 Å². The van der Waals surface area contributed by atoms with Gasteiger partial charge in [-0.05, 0) is 29.8 Å². The highest BCUT2D eigenvalue weighted by molar-refractivity contribution is 7.98. The van der Waals surface area contributed by atoms with Gasteiger partial charge in [0.1, 0.15) is 22.5 Å². The molecule has 0 unspecified atom stereocenters. The fourth-order valence-electron chi connectivity index (χ4n) is 2.39. The maximum absolute atomic E-state index is 6.06. The molecular formula is C17H10Cl2N2OS. The van der Waals surface area contributed by atoms with Gasteiger partial charge >= 0.3 is 0 Å². The van der Waals surface area contributed by atoms with Gasteiger partial charge in [0, 0.05) is 11.1 Å². The minimum Gasteiger partial charge on any atom is -0.451 e. The van der Waals surface area contributed by atoms with Gasteiger partial charge in [0.15, 0.2) is 5.58 Å². The molecule has 4 aromatic rings. The second kappa shape index (κ2) is 6.04. The Morgan fingerprint density at radius 3 is 2.74 bits per heavy atom. The average Bonchev–Trinajstić information content (AvgIpc) is 2.95. The van der Waals surface area contributed by atoms with Crippen molar-refractivity contribution < 1.29 is 4.42 Å². The van der Waals surface area contributed by atoms with E-state index in [1.807, 2.05) is 36.4 Å². The Morgan fingerprint density at radius 2 is 1.87 bits per heavy atom. The minimum atomic E-state index is 0.557. The monoisotopic (exact) mass is 360 g/mol. The lowest BCUT2D eigenvalue weighted by molar-refractivity contribution is 0.653. The van der Waals surface area contributed by atoms with E-state index < -0.39 is 0 Å². The van der Waals surface area contributed by atoms with Gasteiger partial charge < -0.3 is 4.42 Å². The van der Waals surface area contributed by atoms with Gasteiger partial charge in [-0.1, -0.05) is 53.2 Å². The number of aromatic nitrogens is 2. The number of thioether (sulfide) groups is 1. The van der Waals surface area contributed by atoms with E-state index >= 15 is 0 Å². The molecule has 0 aliphatic heterocycles. The standard InChI is InChI=1S/C17H10Cl2N2OS/c18-12-6-5-10(7-13(12)19)8-23-17-16-15(20-9-21-17)11-3-1-2-4-14(11)22-16/h1-7,9H,8H2. The first-order chi connectivity index (χ1) is 11.2. The molecule has 0 aliphatic carbocycles. The Hall–Kier alpha value is -1.75. The maximum atomic E-state index is 6.06. The van der Waals surface area contributed by atoms with Crippen molar-refractivity contribution in [2.45, 2.75) is 10.8 Å². The van der Waals surface area contributed by atoms with E-state index in [1.54, 1.807) is 24.2 Å². The molecule has 0 fully saturated rings. The Labute approximate surface area is 146 Å². The van der Waals surface area contributed by atoms with Crippen LogP contribution < -0.4 is 0 Å². The van der Waals surface area contributed by atoms with Crippen molar-refractivity contribution in [2.75, 3.05) is 0 Å². The lowest BCUT2D eigenvalue weighted by Crippen LogP contribution is -1.86. The number of para-hydroxylation sites is 1. The van der Waals surface area contributed by atoms with E-state index in [-0.39, 0.29) is 0 Å². The zero-order chi connectivity index (χ0) is 15.8. The SMILES string of the molecule is Clc1ccc(CSc2ncnc3c2oc2ccccc23)cc1Cl. The highest BCUT2D eigenvalue weighted by Crippen LogP contribution is 2.34. The zero-order valence-corrected chi connectivity index (χ0v) is 14.1. The number of benzene rings is 2. The third-order valence-corrected chi connectivity index (χ3v) is 5.27. The summed E-state index contributed by atoms with van der Waals surface area (Å²) in [6.45, 7) is 0. The molecule has 0 amide bonds. The summed E-state index contributed by atoms with van der Waals surface area (Å²) in [7, 11) is 0. The highest BCUT2D eigenvalue weighted by Gasteiger charge is 2.13. The Bertz CT molecular complexity index is 1020. The van der Waals surface area contributed by atoms with Crippen LogP contribution in [0.4, 0.5) is 0 Å². The molecule has 0 aliphatic rings. The normalized spacial score (nSPS) is 11.4. The molecule has 0 spiro atoms. The molecule has 23 heavy (non-hydrogen) atoms. The van der Waals surface area contributed by atoms with Crippen molar-refractivity contribution in [2.24, 2.45) is 0 Å². The molecule has 3 nitrogen and oxygen atoms in total. The predicted molar refractivity (Wildman–Crippen MR) is 95.3 cm³/mol. The van der Waals surface area contributed by atoms with Crippen LogP contribution in [-0.2, 0) is 5.75 Å². The number of furan rings is 1. The van der Waals surface area contributed by atoms with E-state index in [0.717, 1.165) is 38.4 Å². The van der Waals surface area contributed by atoms with Crippen LogP contribution in [0, 0.1) is 0 Å². The van der Waals surface area contributed by atoms with Crippen molar-refractivity contribution in [3.05, 3.63) is 64.4 Å². The minimum absolute atomic E-state index is 0.557. The average molecular weight is 361 g/mol. The molecule has 2 aromatic carbocycles. The van der Waals surface area contributed by atoms with Gasteiger partial charge in [0.05, 0.1) is 10.0 Å². The van der Waals surface area contributed by atoms with Gasteiger partial charge in [-0.3, -0.25) is 0 Å². The summed E-state index contributed by atoms with van der Waals surface area (Å²) in [6.07, 6.45) is 1.57. The predicted octanol–water partition coefficient (Wildman–Crippen LogP) is 5.98. The van der Waals surface area contributed by atoms with Crippen LogP contribution in [0.3, 0.4) is 0 Å². The summed E-state index contributed by atoms with van der Waals surface area (Å²) in [5.41, 5.74) is 3.46. The van der Waals surface area contributed by atoms with Gasteiger partial charge in [-0.2, -0.15) is 0 Å². The van der Waals surface area contributed by atoms with Gasteiger partial charge in [0.2, 0.25) is 0 Å². The quantitative estimate of drug-likeness (QED) is 0.333. The molecule has 6 heteroatoms. The maximum Gasteiger partial charge on any atom is 0.186 e. The molecule has 0 radical (unpaired) electrons. The second-order valence-corrected chi connectivity index (χ2v) is 6.77. The summed E-state index contributed by atoms with van der Waals surface area (Å²) in [5, 5.41) is 2.93. The number of fused-ring (bicyclic) bond motifs is 3. The molecule has 0 saturated carbocycles. The first-order valence-corrected chi connectivity index (χ1v) is 8.65. The topological polar surface area (TPSA) is 38.9 Å². The largest absolute Gasteiger partial charge is 0.451 e. The van der Waals surface area contributed by atoms with Crippen molar-refractivity contribution >= 4 is 57.0 Å². The molecule has 0 atom stereocenters. The first kappa shape index (κ1) is 14.8. The smallest absolute Gasteiger partial charge is 0.186 e. The molecule has 114 valence electrons. The second-order valence-electron chi connectivity index (χ2n) is 4.99. The lowest BCUT2D eigenvalue weighted by atomic mass is 10.2. The van der Waals surface area contributed by atoms with Gasteiger partial charge in [0.25, 0.3) is 0 Å². The number of halogens is 2. The molecule has 2 heterocycles. The fraction of sp³-hybridized carbons (Fsp3) is 0.0588. The summed E-state index contributed by atoms with van der Waals surface area (Å²) >= 11 is 13.6. The van der Waals surface area contributed by atoms with Crippen LogP contribution in [-0.4, -0.2) is 9.97 Å². The highest BCUT2D eigenvalue weighted by atomic mass is 35.5. The first-order valence-electron chi connectivity index (χ1n) is 6.91. The molecule has 2 aromatic heterocycles. The van der Waals surface area contributed by atoms with Crippen molar-refractivity contribution in [1.29, 1.82) is 0 Å². The molecular weight excluding hydrogens is 351 g/mol. The Balaban J connectivity index is 1.70. The van der Waals surface area contributed by atoms with Crippen LogP contribution in [0.2, 0.25) is 10.0 Å². The Kier molecular flexibility index (Phi) is 3.89. The lowest BCUT2D eigenvalue weighted by Gasteiger charge is -2.03. The summed E-state index contributed by atoms with van der Waals surface area (Å²) in [4.78, 5) is 8.71. The van der Waals surface area contributed by atoms with E-state index in [4.69, 9.17) is 27.6 Å². The van der Waals surface area contributed by atoms with Crippen molar-refractivity contribution in [1.82, 2.24) is 9.97 Å². The molecule has 0 saturated heterocycles. The van der Waals surface area contributed by atoms with Crippen LogP contribution in [0.5, 0.6) is 0 Å². The van der Waals surface area contributed by atoms with Gasteiger partial charge in [-0.15, -0.1) is 0 Å². The van der Waals surface area contributed by atoms with E-state index in [9.17, 15) is 0 Å². The van der Waals surface area contributed by atoms with Crippen LogP contribution in [0.15, 0.2) is 58.2 Å². The van der Waals surface area contributed by atoms with Crippen LogP contribution in [0.25, 0.3) is 22.1 Å². The van der Waals surface area contributed by atoms with Crippen LogP contribution in [0.1, 0.15) is 5.56 Å². The van der Waals surface area contributed by atoms with E-state index in [0.29, 0.717) is 10.0 Å².